The molecule has 72 valence electrons. The SMILES string of the molecule is CN(C)NCc1ccc(F)cc1F. The minimum absolute atomic E-state index is 0.360. The number of hydrogen-bond donors (Lipinski definition) is 1. The molecule has 0 aliphatic rings. The third-order valence-electron chi connectivity index (χ3n) is 1.60. The van der Waals surface area contributed by atoms with Crippen LogP contribution in [0.2, 0.25) is 0 Å². The van der Waals surface area contributed by atoms with Gasteiger partial charge in [-0.05, 0) is 6.07 Å². The summed E-state index contributed by atoms with van der Waals surface area (Å²) in [4.78, 5) is 0. The van der Waals surface area contributed by atoms with E-state index in [1.165, 1.54) is 12.1 Å². The van der Waals surface area contributed by atoms with E-state index in [4.69, 9.17) is 0 Å². The molecule has 0 aromatic heterocycles. The van der Waals surface area contributed by atoms with Gasteiger partial charge in [-0.25, -0.2) is 8.78 Å². The molecule has 0 amide bonds. The van der Waals surface area contributed by atoms with Gasteiger partial charge in [-0.15, -0.1) is 0 Å². The average molecular weight is 186 g/mol. The summed E-state index contributed by atoms with van der Waals surface area (Å²) < 4.78 is 25.5. The van der Waals surface area contributed by atoms with Crippen LogP contribution in [-0.4, -0.2) is 19.1 Å². The Balaban J connectivity index is 2.67. The van der Waals surface area contributed by atoms with Crippen molar-refractivity contribution in [3.8, 4) is 0 Å². The first-order valence-corrected chi connectivity index (χ1v) is 3.94. The average Bonchev–Trinajstić information content (AvgIpc) is 2.02. The summed E-state index contributed by atoms with van der Waals surface area (Å²) in [5.74, 6) is -1.07. The van der Waals surface area contributed by atoms with Crippen molar-refractivity contribution in [2.75, 3.05) is 14.1 Å². The van der Waals surface area contributed by atoms with Gasteiger partial charge in [0, 0.05) is 32.3 Å². The molecule has 0 unspecified atom stereocenters. The number of halogens is 2. The summed E-state index contributed by atoms with van der Waals surface area (Å²) in [5.41, 5.74) is 3.35. The molecule has 0 saturated heterocycles. The van der Waals surface area contributed by atoms with Crippen LogP contribution in [-0.2, 0) is 6.54 Å². The largest absolute Gasteiger partial charge is 0.251 e. The topological polar surface area (TPSA) is 15.3 Å². The van der Waals surface area contributed by atoms with Crippen molar-refractivity contribution in [2.24, 2.45) is 0 Å². The number of nitrogens with zero attached hydrogens (tertiary/aromatic N) is 1. The third-order valence-corrected chi connectivity index (χ3v) is 1.60. The molecular weight excluding hydrogens is 174 g/mol. The van der Waals surface area contributed by atoms with Crippen LogP contribution in [0.3, 0.4) is 0 Å². The molecule has 1 aromatic carbocycles. The summed E-state index contributed by atoms with van der Waals surface area (Å²) in [6.07, 6.45) is 0. The van der Waals surface area contributed by atoms with Gasteiger partial charge in [0.05, 0.1) is 0 Å². The van der Waals surface area contributed by atoms with E-state index in [1.54, 1.807) is 19.1 Å². The molecular formula is C9H12F2N2. The third kappa shape index (κ3) is 3.08. The van der Waals surface area contributed by atoms with Crippen molar-refractivity contribution in [3.05, 3.63) is 35.4 Å². The molecule has 1 aromatic rings. The fraction of sp³-hybridized carbons (Fsp3) is 0.333. The van der Waals surface area contributed by atoms with Crippen LogP contribution in [0.1, 0.15) is 5.56 Å². The maximum atomic E-state index is 13.0. The normalized spacial score (nSPS) is 10.8. The van der Waals surface area contributed by atoms with Gasteiger partial charge in [0.15, 0.2) is 0 Å². The summed E-state index contributed by atoms with van der Waals surface area (Å²) in [6, 6.07) is 3.56. The second-order valence-corrected chi connectivity index (χ2v) is 2.97. The van der Waals surface area contributed by atoms with Gasteiger partial charge in [-0.1, -0.05) is 6.07 Å². The molecule has 0 radical (unpaired) electrons. The summed E-state index contributed by atoms with van der Waals surface area (Å²) in [6.45, 7) is 0.360. The molecule has 1 rings (SSSR count). The molecule has 0 spiro atoms. The van der Waals surface area contributed by atoms with E-state index in [2.05, 4.69) is 5.43 Å². The van der Waals surface area contributed by atoms with Crippen LogP contribution in [0.5, 0.6) is 0 Å². The maximum Gasteiger partial charge on any atom is 0.130 e. The molecule has 4 heteroatoms. The van der Waals surface area contributed by atoms with Crippen LogP contribution in [0.4, 0.5) is 8.78 Å². The van der Waals surface area contributed by atoms with Crippen LogP contribution in [0.25, 0.3) is 0 Å². The second kappa shape index (κ2) is 4.30. The van der Waals surface area contributed by atoms with E-state index in [0.29, 0.717) is 12.1 Å². The van der Waals surface area contributed by atoms with Crippen molar-refractivity contribution in [1.29, 1.82) is 0 Å². The Morgan fingerprint density at radius 1 is 1.31 bits per heavy atom. The van der Waals surface area contributed by atoms with Crippen LogP contribution in [0.15, 0.2) is 18.2 Å². The monoisotopic (exact) mass is 186 g/mol. The number of hydrazine groups is 1. The molecule has 1 N–H and O–H groups in total. The number of nitrogens with one attached hydrogen (secondary N) is 1. The molecule has 0 heterocycles. The Morgan fingerprint density at radius 2 is 2.00 bits per heavy atom. The standard InChI is InChI=1S/C9H12F2N2/c1-13(2)12-6-7-3-4-8(10)5-9(7)11/h3-5,12H,6H2,1-2H3. The van der Waals surface area contributed by atoms with Crippen molar-refractivity contribution >= 4 is 0 Å². The lowest BCUT2D eigenvalue weighted by molar-refractivity contribution is 0.283. The number of hydrogen-bond acceptors (Lipinski definition) is 2. The quantitative estimate of drug-likeness (QED) is 0.720. The molecule has 2 nitrogen and oxygen atoms in total. The van der Waals surface area contributed by atoms with Gasteiger partial charge < -0.3 is 0 Å². The minimum Gasteiger partial charge on any atom is -0.251 e. The first-order chi connectivity index (χ1) is 6.09. The first-order valence-electron chi connectivity index (χ1n) is 3.94. The van der Waals surface area contributed by atoms with Gasteiger partial charge >= 0.3 is 0 Å². The van der Waals surface area contributed by atoms with Crippen molar-refractivity contribution < 1.29 is 8.78 Å². The fourth-order valence-corrected chi connectivity index (χ4v) is 0.908. The van der Waals surface area contributed by atoms with Gasteiger partial charge in [0.2, 0.25) is 0 Å². The minimum atomic E-state index is -0.550. The van der Waals surface area contributed by atoms with Crippen molar-refractivity contribution in [1.82, 2.24) is 10.4 Å². The van der Waals surface area contributed by atoms with Crippen LogP contribution in [0, 0.1) is 11.6 Å². The van der Waals surface area contributed by atoms with Crippen LogP contribution >= 0.6 is 0 Å². The zero-order chi connectivity index (χ0) is 9.84. The van der Waals surface area contributed by atoms with E-state index in [1.807, 2.05) is 0 Å². The van der Waals surface area contributed by atoms with E-state index < -0.39 is 11.6 Å². The highest BCUT2D eigenvalue weighted by atomic mass is 19.1. The Labute approximate surface area is 76.1 Å². The highest BCUT2D eigenvalue weighted by Gasteiger charge is 2.02. The van der Waals surface area contributed by atoms with E-state index in [9.17, 15) is 8.78 Å². The number of rotatable bonds is 3. The molecule has 0 aliphatic heterocycles. The summed E-state index contributed by atoms with van der Waals surface area (Å²) >= 11 is 0. The summed E-state index contributed by atoms with van der Waals surface area (Å²) in [5, 5.41) is 1.71. The summed E-state index contributed by atoms with van der Waals surface area (Å²) in [7, 11) is 3.61. The van der Waals surface area contributed by atoms with Crippen molar-refractivity contribution in [3.63, 3.8) is 0 Å². The molecule has 0 fully saturated rings. The van der Waals surface area contributed by atoms with Gasteiger partial charge in [0.1, 0.15) is 11.6 Å². The smallest absolute Gasteiger partial charge is 0.130 e. The lowest BCUT2D eigenvalue weighted by Gasteiger charge is -2.11. The Morgan fingerprint density at radius 3 is 2.54 bits per heavy atom. The molecule has 0 saturated carbocycles. The highest BCUT2D eigenvalue weighted by Crippen LogP contribution is 2.08. The lowest BCUT2D eigenvalue weighted by Crippen LogP contribution is -2.29. The van der Waals surface area contributed by atoms with Crippen LogP contribution < -0.4 is 5.43 Å². The van der Waals surface area contributed by atoms with Gasteiger partial charge in [-0.2, -0.15) is 0 Å². The Bertz CT molecular complexity index is 287. The fourth-order valence-electron chi connectivity index (χ4n) is 0.908. The molecule has 0 bridgehead atoms. The maximum absolute atomic E-state index is 13.0. The molecule has 0 aliphatic carbocycles. The Kier molecular flexibility index (Phi) is 3.33. The predicted octanol–water partition coefficient (Wildman–Crippen LogP) is 1.53. The van der Waals surface area contributed by atoms with Gasteiger partial charge in [0.25, 0.3) is 0 Å². The lowest BCUT2D eigenvalue weighted by atomic mass is 10.2. The zero-order valence-electron chi connectivity index (χ0n) is 7.64. The second-order valence-electron chi connectivity index (χ2n) is 2.97. The molecule has 13 heavy (non-hydrogen) atoms. The van der Waals surface area contributed by atoms with E-state index in [0.717, 1.165) is 6.07 Å². The van der Waals surface area contributed by atoms with E-state index >= 15 is 0 Å². The van der Waals surface area contributed by atoms with E-state index in [-0.39, 0.29) is 0 Å². The Hall–Kier alpha value is -1.00. The molecule has 0 atom stereocenters. The predicted molar refractivity (Wildman–Crippen MR) is 46.9 cm³/mol. The zero-order valence-corrected chi connectivity index (χ0v) is 7.64. The first kappa shape index (κ1) is 10.1. The van der Waals surface area contributed by atoms with Gasteiger partial charge in [-0.3, -0.25) is 10.4 Å². The van der Waals surface area contributed by atoms with Crippen molar-refractivity contribution in [2.45, 2.75) is 6.54 Å². The highest BCUT2D eigenvalue weighted by molar-refractivity contribution is 5.18. The number of benzene rings is 1.